The van der Waals surface area contributed by atoms with Crippen molar-refractivity contribution in [2.75, 3.05) is 0 Å². The molecule has 2 aromatic carbocycles. The third-order valence-corrected chi connectivity index (χ3v) is 9.22. The highest BCUT2D eigenvalue weighted by molar-refractivity contribution is 9.23. The van der Waals surface area contributed by atoms with E-state index in [1.165, 1.54) is 11.1 Å². The average Bonchev–Trinajstić information content (AvgIpc) is 2.49. The Morgan fingerprint density at radius 1 is 0.714 bits per heavy atom. The molecule has 112 valence electrons. The molecule has 0 atom stereocenters. The van der Waals surface area contributed by atoms with Gasteiger partial charge >= 0.3 is 0 Å². The minimum atomic E-state index is -0.355. The molecule has 2 aromatic rings. The molecule has 0 bridgehead atoms. The van der Waals surface area contributed by atoms with Gasteiger partial charge in [0.15, 0.2) is 0 Å². The molecule has 2 rings (SSSR count). The second-order valence-electron chi connectivity index (χ2n) is 6.88. The fraction of sp³-hybridized carbons (Fsp3) is 0.368. The van der Waals surface area contributed by atoms with Crippen molar-refractivity contribution >= 4 is 23.4 Å². The molecule has 0 unspecified atom stereocenters. The van der Waals surface area contributed by atoms with Crippen molar-refractivity contribution in [2.24, 2.45) is 0 Å². The smallest absolute Gasteiger partial charge is 0.103 e. The first-order chi connectivity index (χ1) is 9.90. The summed E-state index contributed by atoms with van der Waals surface area (Å²) in [5.74, 6) is 0. The summed E-state index contributed by atoms with van der Waals surface area (Å²) in [6, 6.07) is 21.9. The van der Waals surface area contributed by atoms with Crippen LogP contribution in [0.5, 0.6) is 0 Å². The third kappa shape index (κ3) is 3.32. The van der Waals surface area contributed by atoms with Crippen molar-refractivity contribution in [3.63, 3.8) is 0 Å². The van der Waals surface area contributed by atoms with E-state index in [0.717, 1.165) is 0 Å². The van der Waals surface area contributed by atoms with Crippen molar-refractivity contribution in [1.29, 1.82) is 0 Å². The zero-order chi connectivity index (χ0) is 15.5. The summed E-state index contributed by atoms with van der Waals surface area (Å²) in [5, 5.41) is 0. The molecule has 0 aliphatic heterocycles. The molecule has 0 fully saturated rings. The second-order valence-corrected chi connectivity index (χ2v) is 9.95. The number of hydrogen-bond acceptors (Lipinski definition) is 0. The van der Waals surface area contributed by atoms with Crippen LogP contribution in [0.2, 0.25) is 5.54 Å². The zero-order valence-corrected chi connectivity index (χ0v) is 16.4. The molecule has 0 heterocycles. The highest BCUT2D eigenvalue weighted by Crippen LogP contribution is 2.48. The van der Waals surface area contributed by atoms with Gasteiger partial charge in [0.1, 0.15) is 8.14 Å². The van der Waals surface area contributed by atoms with Gasteiger partial charge in [0.05, 0.1) is 0 Å². The van der Waals surface area contributed by atoms with E-state index in [2.05, 4.69) is 104 Å². The number of halogens is 1. The maximum absolute atomic E-state index is 3.92. The summed E-state index contributed by atoms with van der Waals surface area (Å²) < 4.78 is 0. The first-order valence-corrected chi connectivity index (χ1v) is 12.3. The van der Waals surface area contributed by atoms with Gasteiger partial charge in [-0.05, 0) is 27.5 Å². The van der Waals surface area contributed by atoms with Crippen LogP contribution in [0.4, 0.5) is 0 Å². The Kier molecular flexibility index (Phi) is 5.10. The molecule has 0 aliphatic rings. The summed E-state index contributed by atoms with van der Waals surface area (Å²) in [5.41, 5.74) is 3.83. The van der Waals surface area contributed by atoms with E-state index in [-0.39, 0.29) is 19.0 Å². The SMILES string of the molecule is CC(C)(c1ccccc1)C([SiH2]Br)C(C)(C)c1ccccc1. The van der Waals surface area contributed by atoms with E-state index < -0.39 is 0 Å². The fourth-order valence-electron chi connectivity index (χ4n) is 3.43. The Bertz CT molecular complexity index is 509. The van der Waals surface area contributed by atoms with E-state index in [1.54, 1.807) is 0 Å². The van der Waals surface area contributed by atoms with Crippen molar-refractivity contribution in [1.82, 2.24) is 0 Å². The second kappa shape index (κ2) is 6.49. The van der Waals surface area contributed by atoms with E-state index >= 15 is 0 Å². The van der Waals surface area contributed by atoms with Crippen molar-refractivity contribution in [3.05, 3.63) is 71.8 Å². The van der Waals surface area contributed by atoms with Crippen molar-refractivity contribution in [2.45, 2.75) is 44.1 Å². The lowest BCUT2D eigenvalue weighted by atomic mass is 9.68. The maximum atomic E-state index is 3.92. The quantitative estimate of drug-likeness (QED) is 0.507. The third-order valence-electron chi connectivity index (χ3n) is 4.93. The first kappa shape index (κ1) is 16.5. The van der Waals surface area contributed by atoms with Crippen LogP contribution in [0.25, 0.3) is 0 Å². The van der Waals surface area contributed by atoms with Gasteiger partial charge in [0.25, 0.3) is 0 Å². The topological polar surface area (TPSA) is 0 Å². The Morgan fingerprint density at radius 2 is 1.05 bits per heavy atom. The lowest BCUT2D eigenvalue weighted by Gasteiger charge is -2.44. The van der Waals surface area contributed by atoms with Gasteiger partial charge < -0.3 is 0 Å². The van der Waals surface area contributed by atoms with Crippen molar-refractivity contribution in [3.8, 4) is 0 Å². The van der Waals surface area contributed by atoms with Gasteiger partial charge in [-0.3, -0.25) is 0 Å². The normalized spacial score (nSPS) is 13.2. The van der Waals surface area contributed by atoms with Crippen LogP contribution < -0.4 is 0 Å². The standard InChI is InChI=1S/C19H25BrSi/c1-18(2,15-11-7-5-8-12-15)17(21-20)19(3,4)16-13-9-6-10-14-16/h5-14,17H,21H2,1-4H3. The number of benzene rings is 2. The predicted octanol–water partition coefficient (Wildman–Crippen LogP) is 5.21. The van der Waals surface area contributed by atoms with Gasteiger partial charge in [-0.1, -0.05) is 88.4 Å². The monoisotopic (exact) mass is 360 g/mol. The molecule has 0 N–H and O–H groups in total. The van der Waals surface area contributed by atoms with Gasteiger partial charge in [-0.2, -0.15) is 0 Å². The highest BCUT2D eigenvalue weighted by atomic mass is 79.9. The molecule has 0 saturated carbocycles. The number of hydrogen-bond donors (Lipinski definition) is 0. The lowest BCUT2D eigenvalue weighted by Crippen LogP contribution is -2.39. The summed E-state index contributed by atoms with van der Waals surface area (Å²) in [6.45, 7) is 9.58. The Morgan fingerprint density at radius 3 is 1.33 bits per heavy atom. The lowest BCUT2D eigenvalue weighted by molar-refractivity contribution is 0.349. The average molecular weight is 361 g/mol. The number of rotatable bonds is 5. The van der Waals surface area contributed by atoms with Crippen LogP contribution in [0.3, 0.4) is 0 Å². The largest absolute Gasteiger partial charge is 0.135 e. The molecular formula is C19H25BrSi. The van der Waals surface area contributed by atoms with Gasteiger partial charge in [-0.15, -0.1) is 15.3 Å². The van der Waals surface area contributed by atoms with Crippen LogP contribution in [-0.4, -0.2) is 8.14 Å². The van der Waals surface area contributed by atoms with E-state index in [0.29, 0.717) is 5.54 Å². The molecule has 0 radical (unpaired) electrons. The van der Waals surface area contributed by atoms with Gasteiger partial charge in [-0.25, -0.2) is 0 Å². The molecule has 2 heteroatoms. The van der Waals surface area contributed by atoms with Crippen LogP contribution in [0.1, 0.15) is 38.8 Å². The Balaban J connectivity index is 2.43. The summed E-state index contributed by atoms with van der Waals surface area (Å²) in [6.07, 6.45) is 0. The van der Waals surface area contributed by atoms with Crippen molar-refractivity contribution < 1.29 is 0 Å². The van der Waals surface area contributed by atoms with Crippen LogP contribution in [0.15, 0.2) is 60.7 Å². The summed E-state index contributed by atoms with van der Waals surface area (Å²) >= 11 is 3.92. The van der Waals surface area contributed by atoms with Crippen LogP contribution in [0, 0.1) is 0 Å². The van der Waals surface area contributed by atoms with Crippen LogP contribution in [-0.2, 0) is 10.8 Å². The molecule has 0 aromatic heterocycles. The molecule has 0 amide bonds. The Hall–Kier alpha value is -0.863. The van der Waals surface area contributed by atoms with Gasteiger partial charge in [0, 0.05) is 0 Å². The molecule has 0 aliphatic carbocycles. The summed E-state index contributed by atoms with van der Waals surface area (Å²) in [4.78, 5) is 0. The molecule has 0 nitrogen and oxygen atoms in total. The van der Waals surface area contributed by atoms with Gasteiger partial charge in [0.2, 0.25) is 0 Å². The predicted molar refractivity (Wildman–Crippen MR) is 100 cm³/mol. The molecular weight excluding hydrogens is 336 g/mol. The highest BCUT2D eigenvalue weighted by Gasteiger charge is 2.41. The Labute approximate surface area is 139 Å². The minimum absolute atomic E-state index is 0.163. The van der Waals surface area contributed by atoms with E-state index in [1.807, 2.05) is 0 Å². The van der Waals surface area contributed by atoms with E-state index in [4.69, 9.17) is 0 Å². The first-order valence-electron chi connectivity index (χ1n) is 7.57. The molecule has 21 heavy (non-hydrogen) atoms. The maximum Gasteiger partial charge on any atom is 0.103 e. The minimum Gasteiger partial charge on any atom is -0.135 e. The summed E-state index contributed by atoms with van der Waals surface area (Å²) in [7, 11) is -0.355. The zero-order valence-electron chi connectivity index (χ0n) is 13.4. The van der Waals surface area contributed by atoms with E-state index in [9.17, 15) is 0 Å². The molecule has 0 spiro atoms. The fourth-order valence-corrected chi connectivity index (χ4v) is 9.52. The molecule has 0 saturated heterocycles. The van der Waals surface area contributed by atoms with Crippen LogP contribution >= 0.6 is 15.3 Å².